The summed E-state index contributed by atoms with van der Waals surface area (Å²) in [4.78, 5) is 22.3. The Kier molecular flexibility index (Phi) is 14.5. The number of aliphatic carboxylic acids is 2. The fourth-order valence-corrected chi connectivity index (χ4v) is 1.57. The van der Waals surface area contributed by atoms with Crippen molar-refractivity contribution in [3.8, 4) is 0 Å². The number of carbonyl (C=O) groups is 2. The van der Waals surface area contributed by atoms with Crippen LogP contribution in [0.2, 0.25) is 0 Å². The molecule has 18 heavy (non-hydrogen) atoms. The first kappa shape index (κ1) is 20.0. The van der Waals surface area contributed by atoms with Crippen LogP contribution in [0.5, 0.6) is 0 Å². The van der Waals surface area contributed by atoms with Crippen molar-refractivity contribution in [2.24, 2.45) is 0 Å². The van der Waals surface area contributed by atoms with E-state index >= 15 is 0 Å². The van der Waals surface area contributed by atoms with Crippen molar-refractivity contribution in [1.29, 1.82) is 0 Å². The van der Waals surface area contributed by atoms with Gasteiger partial charge in [-0.2, -0.15) is 0 Å². The molecule has 0 aromatic rings. The molecule has 98 valence electrons. The van der Waals surface area contributed by atoms with Crippen LogP contribution in [-0.4, -0.2) is 41.6 Å². The molecule has 0 saturated carbocycles. The zero-order valence-electron chi connectivity index (χ0n) is 11.1. The number of carbonyl (C=O) groups excluding carboxylic acids is 1. The third-order valence-electron chi connectivity index (χ3n) is 2.34. The molecule has 0 fully saturated rings. The predicted octanol–water partition coefficient (Wildman–Crippen LogP) is -2.74. The van der Waals surface area contributed by atoms with Gasteiger partial charge in [0.05, 0.1) is 12.5 Å². The van der Waals surface area contributed by atoms with Crippen LogP contribution in [0.15, 0.2) is 12.7 Å². The molecule has 1 N–H and O–H groups in total. The number of allylic oxidation sites excluding steroid dienone is 1. The first-order chi connectivity index (χ1) is 8.06. The SMILES string of the molecule is C=CCCCCCCN(CC(=O)[O-])CC(=O)O.[Na+]. The zero-order chi connectivity index (χ0) is 13.1. The van der Waals surface area contributed by atoms with Gasteiger partial charge in [0.25, 0.3) is 0 Å². The van der Waals surface area contributed by atoms with Gasteiger partial charge >= 0.3 is 35.5 Å². The van der Waals surface area contributed by atoms with Crippen LogP contribution in [0, 0.1) is 0 Å². The third kappa shape index (κ3) is 13.7. The van der Waals surface area contributed by atoms with Gasteiger partial charge in [-0.1, -0.05) is 18.9 Å². The number of rotatable bonds is 11. The van der Waals surface area contributed by atoms with Crippen LogP contribution in [0.3, 0.4) is 0 Å². The van der Waals surface area contributed by atoms with Crippen molar-refractivity contribution in [1.82, 2.24) is 4.90 Å². The average molecular weight is 265 g/mol. The van der Waals surface area contributed by atoms with Gasteiger partial charge in [0.2, 0.25) is 0 Å². The molecule has 6 heteroatoms. The van der Waals surface area contributed by atoms with Gasteiger partial charge in [0, 0.05) is 6.54 Å². The number of hydrogen-bond donors (Lipinski definition) is 1. The Labute approximate surface area is 130 Å². The van der Waals surface area contributed by atoms with Crippen molar-refractivity contribution in [2.45, 2.75) is 32.1 Å². The molecular weight excluding hydrogens is 245 g/mol. The smallest absolute Gasteiger partial charge is 0.549 e. The molecule has 0 aliphatic carbocycles. The summed E-state index contributed by atoms with van der Waals surface area (Å²) in [6.07, 6.45) is 6.75. The van der Waals surface area contributed by atoms with Crippen molar-refractivity contribution in [3.63, 3.8) is 0 Å². The molecule has 0 aliphatic rings. The minimum absolute atomic E-state index is 0. The number of carboxylic acid groups (broad SMARTS) is 2. The van der Waals surface area contributed by atoms with Gasteiger partial charge in [0.15, 0.2) is 0 Å². The Bertz CT molecular complexity index is 242. The summed E-state index contributed by atoms with van der Waals surface area (Å²) in [7, 11) is 0. The van der Waals surface area contributed by atoms with E-state index < -0.39 is 11.9 Å². The topological polar surface area (TPSA) is 80.7 Å². The van der Waals surface area contributed by atoms with Crippen LogP contribution in [-0.2, 0) is 9.59 Å². The molecule has 0 radical (unpaired) electrons. The van der Waals surface area contributed by atoms with E-state index in [2.05, 4.69) is 6.58 Å². The zero-order valence-corrected chi connectivity index (χ0v) is 13.1. The Balaban J connectivity index is 0. The van der Waals surface area contributed by atoms with Crippen molar-refractivity contribution in [2.75, 3.05) is 19.6 Å². The molecule has 0 bridgehead atoms. The quantitative estimate of drug-likeness (QED) is 0.249. The van der Waals surface area contributed by atoms with Crippen molar-refractivity contribution < 1.29 is 49.4 Å². The largest absolute Gasteiger partial charge is 1.00 e. The fourth-order valence-electron chi connectivity index (χ4n) is 1.57. The van der Waals surface area contributed by atoms with E-state index in [1.807, 2.05) is 6.08 Å². The summed E-state index contributed by atoms with van der Waals surface area (Å²) in [6.45, 7) is 3.54. The molecule has 0 aromatic heterocycles. The summed E-state index contributed by atoms with van der Waals surface area (Å²) < 4.78 is 0. The van der Waals surface area contributed by atoms with E-state index in [1.165, 1.54) is 4.90 Å². The summed E-state index contributed by atoms with van der Waals surface area (Å²) in [6, 6.07) is 0. The van der Waals surface area contributed by atoms with Crippen LogP contribution >= 0.6 is 0 Å². The standard InChI is InChI=1S/C12H21NO4.Na/c1-2-3-4-5-6-7-8-13(9-11(14)15)10-12(16)17;/h2H,1,3-10H2,(H,14,15)(H,16,17);/q;+1/p-1. The summed E-state index contributed by atoms with van der Waals surface area (Å²) in [5.41, 5.74) is 0. The van der Waals surface area contributed by atoms with Crippen molar-refractivity contribution in [3.05, 3.63) is 12.7 Å². The second-order valence-electron chi connectivity index (χ2n) is 3.97. The van der Waals surface area contributed by atoms with Crippen LogP contribution in [0.1, 0.15) is 32.1 Å². The molecule has 0 spiro atoms. The molecule has 0 heterocycles. The Morgan fingerprint density at radius 1 is 1.17 bits per heavy atom. The van der Waals surface area contributed by atoms with E-state index in [0.717, 1.165) is 32.1 Å². The maximum atomic E-state index is 10.5. The van der Waals surface area contributed by atoms with Gasteiger partial charge in [-0.05, 0) is 25.8 Å². The summed E-state index contributed by atoms with van der Waals surface area (Å²) in [5, 5.41) is 19.0. The Morgan fingerprint density at radius 3 is 2.28 bits per heavy atom. The molecule has 0 rings (SSSR count). The van der Waals surface area contributed by atoms with E-state index in [1.54, 1.807) is 0 Å². The molecule has 0 amide bonds. The number of nitrogens with zero attached hydrogens (tertiary/aromatic N) is 1. The molecule has 0 aromatic carbocycles. The number of carboxylic acids is 2. The monoisotopic (exact) mass is 265 g/mol. The van der Waals surface area contributed by atoms with E-state index in [9.17, 15) is 14.7 Å². The van der Waals surface area contributed by atoms with Crippen LogP contribution in [0.4, 0.5) is 0 Å². The number of unbranched alkanes of at least 4 members (excludes halogenated alkanes) is 4. The third-order valence-corrected chi connectivity index (χ3v) is 2.34. The molecule has 0 unspecified atom stereocenters. The Hall–Kier alpha value is -0.360. The molecular formula is C12H20NNaO4. The maximum absolute atomic E-state index is 10.5. The fraction of sp³-hybridized carbons (Fsp3) is 0.667. The van der Waals surface area contributed by atoms with Crippen LogP contribution in [0.25, 0.3) is 0 Å². The molecule has 5 nitrogen and oxygen atoms in total. The van der Waals surface area contributed by atoms with E-state index in [-0.39, 0.29) is 42.6 Å². The van der Waals surface area contributed by atoms with Crippen molar-refractivity contribution >= 4 is 11.9 Å². The first-order valence-corrected chi connectivity index (χ1v) is 5.81. The van der Waals surface area contributed by atoms with Crippen LogP contribution < -0.4 is 34.7 Å². The second-order valence-corrected chi connectivity index (χ2v) is 3.97. The second kappa shape index (κ2) is 13.1. The molecule has 0 aliphatic heterocycles. The molecule has 0 saturated heterocycles. The maximum Gasteiger partial charge on any atom is 1.00 e. The first-order valence-electron chi connectivity index (χ1n) is 5.81. The van der Waals surface area contributed by atoms with Gasteiger partial charge in [-0.3, -0.25) is 9.69 Å². The van der Waals surface area contributed by atoms with Gasteiger partial charge < -0.3 is 15.0 Å². The predicted molar refractivity (Wildman–Crippen MR) is 62.4 cm³/mol. The Morgan fingerprint density at radius 2 is 1.78 bits per heavy atom. The van der Waals surface area contributed by atoms with Gasteiger partial charge in [-0.15, -0.1) is 6.58 Å². The normalized spacial score (nSPS) is 9.83. The number of hydrogen-bond acceptors (Lipinski definition) is 4. The van der Waals surface area contributed by atoms with Gasteiger partial charge in [-0.25, -0.2) is 0 Å². The minimum Gasteiger partial charge on any atom is -0.549 e. The molecule has 0 atom stereocenters. The van der Waals surface area contributed by atoms with E-state index in [4.69, 9.17) is 5.11 Å². The van der Waals surface area contributed by atoms with Gasteiger partial charge in [0.1, 0.15) is 0 Å². The average Bonchev–Trinajstić information content (AvgIpc) is 2.21. The minimum atomic E-state index is -1.24. The summed E-state index contributed by atoms with van der Waals surface area (Å²) in [5.74, 6) is -2.25. The van der Waals surface area contributed by atoms with E-state index in [0.29, 0.717) is 6.54 Å². The summed E-state index contributed by atoms with van der Waals surface area (Å²) >= 11 is 0.